The van der Waals surface area contributed by atoms with Gasteiger partial charge in [-0.15, -0.1) is 5.16 Å². The van der Waals surface area contributed by atoms with E-state index in [0.29, 0.717) is 10.9 Å². The first kappa shape index (κ1) is 11.1. The van der Waals surface area contributed by atoms with E-state index in [1.165, 1.54) is 6.21 Å². The summed E-state index contributed by atoms with van der Waals surface area (Å²) < 4.78 is 0. The van der Waals surface area contributed by atoms with Gasteiger partial charge < -0.3 is 5.21 Å². The quantitative estimate of drug-likeness (QED) is 0.381. The van der Waals surface area contributed by atoms with Crippen LogP contribution in [0.4, 0.5) is 5.69 Å². The minimum absolute atomic E-state index is 0.0722. The predicted octanol–water partition coefficient (Wildman–Crippen LogP) is 2.75. The van der Waals surface area contributed by atoms with Gasteiger partial charge in [0.1, 0.15) is 0 Å². The first-order valence-corrected chi connectivity index (χ1v) is 5.05. The second kappa shape index (κ2) is 4.61. The topological polar surface area (TPSA) is 75.7 Å². The Labute approximate surface area is 97.1 Å². The third kappa shape index (κ3) is 2.08. The van der Waals surface area contributed by atoms with E-state index < -0.39 is 4.92 Å². The number of nitro benzene ring substituents is 1. The van der Waals surface area contributed by atoms with Crippen molar-refractivity contribution in [1.29, 1.82) is 0 Å². The molecule has 0 bridgehead atoms. The van der Waals surface area contributed by atoms with Gasteiger partial charge in [0.25, 0.3) is 5.69 Å². The second-order valence-corrected chi connectivity index (χ2v) is 3.55. The van der Waals surface area contributed by atoms with Crippen LogP contribution in [-0.2, 0) is 6.42 Å². The van der Waals surface area contributed by atoms with Crippen molar-refractivity contribution in [3.63, 3.8) is 0 Å². The van der Waals surface area contributed by atoms with Crippen molar-refractivity contribution in [2.75, 3.05) is 0 Å². The molecule has 17 heavy (non-hydrogen) atoms. The fourth-order valence-corrected chi connectivity index (χ4v) is 1.82. The zero-order valence-corrected chi connectivity index (χ0v) is 8.91. The van der Waals surface area contributed by atoms with Crippen LogP contribution in [0.15, 0.2) is 41.6 Å². The number of nitrogens with zero attached hydrogens (tertiary/aromatic N) is 2. The molecule has 86 valence electrons. The van der Waals surface area contributed by atoms with Crippen LogP contribution < -0.4 is 0 Å². The molecule has 1 N–H and O–H groups in total. The van der Waals surface area contributed by atoms with E-state index in [-0.39, 0.29) is 12.1 Å². The Bertz CT molecular complexity index is 593. The molecule has 0 aliphatic rings. The van der Waals surface area contributed by atoms with Crippen molar-refractivity contribution >= 4 is 22.7 Å². The predicted molar refractivity (Wildman–Crippen MR) is 64.6 cm³/mol. The van der Waals surface area contributed by atoms with Crippen LogP contribution in [-0.4, -0.2) is 16.3 Å². The van der Waals surface area contributed by atoms with Crippen molar-refractivity contribution in [1.82, 2.24) is 0 Å². The molecule has 0 unspecified atom stereocenters. The van der Waals surface area contributed by atoms with Gasteiger partial charge in [0, 0.05) is 18.2 Å². The van der Waals surface area contributed by atoms with E-state index in [1.807, 2.05) is 18.2 Å². The maximum absolute atomic E-state index is 11.1. The third-order valence-corrected chi connectivity index (χ3v) is 2.56. The molecule has 0 radical (unpaired) electrons. The molecule has 2 rings (SSSR count). The molecule has 0 aliphatic heterocycles. The third-order valence-electron chi connectivity index (χ3n) is 2.56. The molecule has 0 fully saturated rings. The Hall–Kier alpha value is -2.43. The highest BCUT2D eigenvalue weighted by Gasteiger charge is 2.16. The molecular weight excluding hydrogens is 220 g/mol. The van der Waals surface area contributed by atoms with Crippen molar-refractivity contribution in [2.24, 2.45) is 5.16 Å². The van der Waals surface area contributed by atoms with Gasteiger partial charge in [0.15, 0.2) is 0 Å². The van der Waals surface area contributed by atoms with Crippen LogP contribution in [0, 0.1) is 10.1 Å². The minimum Gasteiger partial charge on any atom is -0.411 e. The monoisotopic (exact) mass is 230 g/mol. The summed E-state index contributed by atoms with van der Waals surface area (Å²) in [5, 5.41) is 23.8. The van der Waals surface area contributed by atoms with Gasteiger partial charge in [-0.25, -0.2) is 0 Å². The number of hydrogen-bond acceptors (Lipinski definition) is 4. The van der Waals surface area contributed by atoms with Crippen LogP contribution in [0.25, 0.3) is 10.8 Å². The van der Waals surface area contributed by atoms with E-state index >= 15 is 0 Å². The lowest BCUT2D eigenvalue weighted by Gasteiger charge is -2.03. The Balaban J connectivity index is 2.68. The van der Waals surface area contributed by atoms with E-state index in [2.05, 4.69) is 5.16 Å². The Morgan fingerprint density at radius 3 is 2.76 bits per heavy atom. The minimum atomic E-state index is -0.400. The number of benzene rings is 2. The van der Waals surface area contributed by atoms with E-state index in [9.17, 15) is 10.1 Å². The maximum atomic E-state index is 11.1. The zero-order valence-electron chi connectivity index (χ0n) is 8.91. The van der Waals surface area contributed by atoms with Crippen LogP contribution in [0.1, 0.15) is 5.56 Å². The molecule has 0 saturated heterocycles. The highest BCUT2D eigenvalue weighted by molar-refractivity contribution is 5.93. The fraction of sp³-hybridized carbons (Fsp3) is 0.0833. The molecule has 2 aromatic rings. The number of rotatable bonds is 3. The van der Waals surface area contributed by atoms with Crippen LogP contribution >= 0.6 is 0 Å². The molecule has 0 aromatic heterocycles. The van der Waals surface area contributed by atoms with E-state index in [4.69, 9.17) is 5.21 Å². The maximum Gasteiger partial charge on any atom is 0.280 e. The normalized spacial score (nSPS) is 11.1. The Morgan fingerprint density at radius 2 is 2.06 bits per heavy atom. The molecule has 5 nitrogen and oxygen atoms in total. The average molecular weight is 230 g/mol. The molecule has 0 spiro atoms. The van der Waals surface area contributed by atoms with E-state index in [0.717, 1.165) is 5.39 Å². The Morgan fingerprint density at radius 1 is 1.29 bits per heavy atom. The molecule has 0 aliphatic carbocycles. The molecular formula is C12H10N2O3. The van der Waals surface area contributed by atoms with Gasteiger partial charge in [-0.1, -0.05) is 30.3 Å². The van der Waals surface area contributed by atoms with Crippen LogP contribution in [0.2, 0.25) is 0 Å². The highest BCUT2D eigenvalue weighted by Crippen LogP contribution is 2.29. The van der Waals surface area contributed by atoms with Gasteiger partial charge in [-0.2, -0.15) is 0 Å². The summed E-state index contributed by atoms with van der Waals surface area (Å²) in [6, 6.07) is 10.6. The van der Waals surface area contributed by atoms with Crippen LogP contribution in [0.3, 0.4) is 0 Å². The standard InChI is InChI=1S/C12H10N2O3/c15-13-8-7-10-6-5-9-3-1-2-4-11(9)12(10)14(16)17/h1-6,8,15H,7H2/b13-8+. The van der Waals surface area contributed by atoms with E-state index in [1.54, 1.807) is 18.2 Å². The second-order valence-electron chi connectivity index (χ2n) is 3.55. The fourth-order valence-electron chi connectivity index (χ4n) is 1.82. The van der Waals surface area contributed by atoms with Crippen LogP contribution in [0.5, 0.6) is 0 Å². The first-order valence-electron chi connectivity index (χ1n) is 5.05. The summed E-state index contributed by atoms with van der Waals surface area (Å²) >= 11 is 0. The van der Waals surface area contributed by atoms with Gasteiger partial charge >= 0.3 is 0 Å². The summed E-state index contributed by atoms with van der Waals surface area (Å²) in [5.74, 6) is 0. The number of fused-ring (bicyclic) bond motifs is 1. The molecule has 0 heterocycles. The van der Waals surface area contributed by atoms with Crippen molar-refractivity contribution in [3.05, 3.63) is 52.1 Å². The summed E-state index contributed by atoms with van der Waals surface area (Å²) in [4.78, 5) is 10.7. The summed E-state index contributed by atoms with van der Waals surface area (Å²) in [5.41, 5.74) is 0.606. The molecule has 0 amide bonds. The van der Waals surface area contributed by atoms with Gasteiger partial charge in [-0.05, 0) is 11.5 Å². The van der Waals surface area contributed by atoms with Crippen molar-refractivity contribution in [3.8, 4) is 0 Å². The summed E-state index contributed by atoms with van der Waals surface area (Å²) in [7, 11) is 0. The summed E-state index contributed by atoms with van der Waals surface area (Å²) in [6.07, 6.45) is 1.47. The van der Waals surface area contributed by atoms with Gasteiger partial charge in [0.05, 0.1) is 10.3 Å². The van der Waals surface area contributed by atoms with Crippen molar-refractivity contribution < 1.29 is 10.1 Å². The SMILES string of the molecule is O=[N+]([O-])c1c(C/C=N/O)ccc2ccccc12. The lowest BCUT2D eigenvalue weighted by atomic mass is 10.0. The Kier molecular flexibility index (Phi) is 3.00. The smallest absolute Gasteiger partial charge is 0.280 e. The molecule has 5 heteroatoms. The van der Waals surface area contributed by atoms with Crippen molar-refractivity contribution in [2.45, 2.75) is 6.42 Å². The lowest BCUT2D eigenvalue weighted by molar-refractivity contribution is -0.383. The largest absolute Gasteiger partial charge is 0.411 e. The zero-order chi connectivity index (χ0) is 12.3. The molecule has 0 atom stereocenters. The highest BCUT2D eigenvalue weighted by atomic mass is 16.6. The number of hydrogen-bond donors (Lipinski definition) is 1. The van der Waals surface area contributed by atoms with Gasteiger partial charge in [-0.3, -0.25) is 10.1 Å². The number of oxime groups is 1. The molecule has 0 saturated carbocycles. The summed E-state index contributed by atoms with van der Waals surface area (Å²) in [6.45, 7) is 0. The first-order chi connectivity index (χ1) is 8.24. The number of nitro groups is 1. The lowest BCUT2D eigenvalue weighted by Crippen LogP contribution is -1.97. The molecule has 2 aromatic carbocycles. The average Bonchev–Trinajstić information content (AvgIpc) is 2.35. The van der Waals surface area contributed by atoms with Gasteiger partial charge in [0.2, 0.25) is 0 Å².